The lowest BCUT2D eigenvalue weighted by Crippen LogP contribution is -2.28. The Kier molecular flexibility index (Phi) is 3.06. The zero-order valence-electron chi connectivity index (χ0n) is 7.58. The highest BCUT2D eigenvalue weighted by Gasteiger charge is 2.23. The zero-order chi connectivity index (χ0) is 8.27. The van der Waals surface area contributed by atoms with Gasteiger partial charge in [0, 0.05) is 19.1 Å². The van der Waals surface area contributed by atoms with Gasteiger partial charge in [-0.3, -0.25) is 0 Å². The van der Waals surface area contributed by atoms with Crippen molar-refractivity contribution < 1.29 is 0 Å². The molecule has 1 fully saturated rings. The van der Waals surface area contributed by atoms with Gasteiger partial charge in [-0.05, 0) is 39.4 Å². The quantitative estimate of drug-likeness (QED) is 0.561. The minimum Gasteiger partial charge on any atom is -0.301 e. The summed E-state index contributed by atoms with van der Waals surface area (Å²) >= 11 is 0. The zero-order valence-corrected chi connectivity index (χ0v) is 7.58. The summed E-state index contributed by atoms with van der Waals surface area (Å²) in [6.07, 6.45) is 1.30. The molecule has 2 heteroatoms. The average molecular weight is 154 g/mol. The molecular formula is C9H18N2. The van der Waals surface area contributed by atoms with Crippen LogP contribution in [0.4, 0.5) is 0 Å². The summed E-state index contributed by atoms with van der Waals surface area (Å²) in [6.45, 7) is 11.4. The molecule has 1 aliphatic rings. The van der Waals surface area contributed by atoms with Crippen LogP contribution in [0.25, 0.3) is 0 Å². The molecule has 0 radical (unpaired) electrons. The van der Waals surface area contributed by atoms with Crippen LogP contribution in [0.1, 0.15) is 20.3 Å². The van der Waals surface area contributed by atoms with E-state index in [9.17, 15) is 0 Å². The van der Waals surface area contributed by atoms with Crippen LogP contribution in [0, 0.1) is 5.92 Å². The van der Waals surface area contributed by atoms with Gasteiger partial charge in [0.2, 0.25) is 0 Å². The number of hydrogen-bond donors (Lipinski definition) is 0. The summed E-state index contributed by atoms with van der Waals surface area (Å²) in [5.41, 5.74) is 0. The lowest BCUT2D eigenvalue weighted by Gasteiger charge is -2.19. The van der Waals surface area contributed by atoms with Gasteiger partial charge in [0.25, 0.3) is 0 Å². The first kappa shape index (κ1) is 8.72. The molecule has 64 valence electrons. The van der Waals surface area contributed by atoms with E-state index in [1.165, 1.54) is 19.5 Å². The van der Waals surface area contributed by atoms with E-state index in [0.29, 0.717) is 6.04 Å². The number of aliphatic imine (C=N–C) groups is 1. The second kappa shape index (κ2) is 3.86. The molecular weight excluding hydrogens is 136 g/mol. The normalized spacial score (nSPS) is 26.3. The van der Waals surface area contributed by atoms with Crippen LogP contribution in [0.3, 0.4) is 0 Å². The van der Waals surface area contributed by atoms with E-state index in [2.05, 4.69) is 30.5 Å². The Morgan fingerprint density at radius 3 is 2.82 bits per heavy atom. The molecule has 1 heterocycles. The van der Waals surface area contributed by atoms with Gasteiger partial charge in [-0.2, -0.15) is 0 Å². The molecule has 0 aliphatic carbocycles. The van der Waals surface area contributed by atoms with Crippen LogP contribution in [0.2, 0.25) is 0 Å². The van der Waals surface area contributed by atoms with E-state index < -0.39 is 0 Å². The predicted octanol–water partition coefficient (Wildman–Crippen LogP) is 1.42. The van der Waals surface area contributed by atoms with Gasteiger partial charge >= 0.3 is 0 Å². The molecule has 1 saturated heterocycles. The monoisotopic (exact) mass is 154 g/mol. The Morgan fingerprint density at radius 1 is 1.64 bits per heavy atom. The van der Waals surface area contributed by atoms with Crippen molar-refractivity contribution in [1.82, 2.24) is 4.90 Å². The summed E-state index contributed by atoms with van der Waals surface area (Å²) in [7, 11) is 0. The molecule has 0 aromatic rings. The van der Waals surface area contributed by atoms with E-state index in [0.717, 1.165) is 12.5 Å². The van der Waals surface area contributed by atoms with Crippen molar-refractivity contribution in [2.24, 2.45) is 10.9 Å². The summed E-state index contributed by atoms with van der Waals surface area (Å²) < 4.78 is 0. The fourth-order valence-corrected chi connectivity index (χ4v) is 1.66. The highest BCUT2D eigenvalue weighted by Crippen LogP contribution is 2.18. The molecule has 2 nitrogen and oxygen atoms in total. The fraction of sp³-hybridized carbons (Fsp3) is 0.889. The third-order valence-corrected chi connectivity index (χ3v) is 2.43. The first-order chi connectivity index (χ1) is 5.24. The third-order valence-electron chi connectivity index (χ3n) is 2.43. The Morgan fingerprint density at radius 2 is 2.36 bits per heavy atom. The minimum atomic E-state index is 0.699. The van der Waals surface area contributed by atoms with Crippen LogP contribution in [-0.4, -0.2) is 37.3 Å². The van der Waals surface area contributed by atoms with Gasteiger partial charge in [0.1, 0.15) is 0 Å². The highest BCUT2D eigenvalue weighted by molar-refractivity contribution is 5.23. The Balaban J connectivity index is 2.28. The molecule has 0 saturated carbocycles. The molecule has 0 aromatic heterocycles. The number of nitrogens with zero attached hydrogens (tertiary/aromatic N) is 2. The van der Waals surface area contributed by atoms with Crippen LogP contribution in [0.15, 0.2) is 4.99 Å². The van der Waals surface area contributed by atoms with Gasteiger partial charge in [0.05, 0.1) is 0 Å². The minimum absolute atomic E-state index is 0.699. The van der Waals surface area contributed by atoms with E-state index in [-0.39, 0.29) is 0 Å². The SMILES string of the molecule is C=NCC1CCN(C(C)C)C1. The molecule has 0 spiro atoms. The van der Waals surface area contributed by atoms with Gasteiger partial charge in [-0.15, -0.1) is 0 Å². The smallest absolute Gasteiger partial charge is 0.0423 e. The predicted molar refractivity (Wildman–Crippen MR) is 49.2 cm³/mol. The van der Waals surface area contributed by atoms with Gasteiger partial charge in [0.15, 0.2) is 0 Å². The number of likely N-dealkylation sites (tertiary alicyclic amines) is 1. The molecule has 0 amide bonds. The molecule has 0 aromatic carbocycles. The molecule has 1 aliphatic heterocycles. The van der Waals surface area contributed by atoms with Crippen molar-refractivity contribution in [3.8, 4) is 0 Å². The van der Waals surface area contributed by atoms with E-state index in [1.54, 1.807) is 0 Å². The maximum atomic E-state index is 3.93. The lowest BCUT2D eigenvalue weighted by molar-refractivity contribution is 0.266. The molecule has 1 unspecified atom stereocenters. The Labute approximate surface area is 69.3 Å². The maximum absolute atomic E-state index is 3.93. The van der Waals surface area contributed by atoms with E-state index >= 15 is 0 Å². The lowest BCUT2D eigenvalue weighted by atomic mass is 10.1. The van der Waals surface area contributed by atoms with Crippen molar-refractivity contribution in [1.29, 1.82) is 0 Å². The van der Waals surface area contributed by atoms with Crippen molar-refractivity contribution in [3.05, 3.63) is 0 Å². The van der Waals surface area contributed by atoms with Crippen LogP contribution >= 0.6 is 0 Å². The van der Waals surface area contributed by atoms with Crippen molar-refractivity contribution in [3.63, 3.8) is 0 Å². The van der Waals surface area contributed by atoms with Crippen molar-refractivity contribution in [2.75, 3.05) is 19.6 Å². The molecule has 0 bridgehead atoms. The fourth-order valence-electron chi connectivity index (χ4n) is 1.66. The van der Waals surface area contributed by atoms with E-state index in [1.807, 2.05) is 0 Å². The van der Waals surface area contributed by atoms with Gasteiger partial charge in [-0.25, -0.2) is 0 Å². The Bertz CT molecular complexity index is 132. The second-order valence-electron chi connectivity index (χ2n) is 3.65. The molecule has 1 rings (SSSR count). The number of hydrogen-bond acceptors (Lipinski definition) is 2. The van der Waals surface area contributed by atoms with Crippen molar-refractivity contribution in [2.45, 2.75) is 26.3 Å². The first-order valence-corrected chi connectivity index (χ1v) is 4.40. The van der Waals surface area contributed by atoms with Gasteiger partial charge < -0.3 is 9.89 Å². The Hall–Kier alpha value is -0.370. The maximum Gasteiger partial charge on any atom is 0.0423 e. The summed E-state index contributed by atoms with van der Waals surface area (Å²) in [5.74, 6) is 0.773. The molecule has 1 atom stereocenters. The largest absolute Gasteiger partial charge is 0.301 e. The second-order valence-corrected chi connectivity index (χ2v) is 3.65. The van der Waals surface area contributed by atoms with Gasteiger partial charge in [-0.1, -0.05) is 0 Å². The highest BCUT2D eigenvalue weighted by atomic mass is 15.2. The van der Waals surface area contributed by atoms with Crippen LogP contribution in [0.5, 0.6) is 0 Å². The van der Waals surface area contributed by atoms with Crippen LogP contribution < -0.4 is 0 Å². The number of rotatable bonds is 3. The third kappa shape index (κ3) is 2.29. The topological polar surface area (TPSA) is 15.6 Å². The van der Waals surface area contributed by atoms with E-state index in [4.69, 9.17) is 0 Å². The first-order valence-electron chi connectivity index (χ1n) is 4.40. The van der Waals surface area contributed by atoms with Crippen LogP contribution in [-0.2, 0) is 0 Å². The summed E-state index contributed by atoms with van der Waals surface area (Å²) in [5, 5.41) is 0. The average Bonchev–Trinajstić information content (AvgIpc) is 2.37. The summed E-state index contributed by atoms with van der Waals surface area (Å²) in [6, 6.07) is 0.699. The standard InChI is InChI=1S/C9H18N2/c1-8(2)11-5-4-9(7-11)6-10-3/h8-9H,3-7H2,1-2H3. The van der Waals surface area contributed by atoms with Crippen molar-refractivity contribution >= 4 is 6.72 Å². The molecule has 0 N–H and O–H groups in total. The summed E-state index contributed by atoms with van der Waals surface area (Å²) in [4.78, 5) is 6.44. The molecule has 11 heavy (non-hydrogen) atoms.